The predicted octanol–water partition coefficient (Wildman–Crippen LogP) is 1.50. The minimum absolute atomic E-state index is 0.283. The third kappa shape index (κ3) is 3.97. The Morgan fingerprint density at radius 3 is 2.58 bits per heavy atom. The fraction of sp³-hybridized carbons (Fsp3) is 0.529. The van der Waals surface area contributed by atoms with E-state index in [0.717, 1.165) is 50.5 Å². The van der Waals surface area contributed by atoms with Gasteiger partial charge in [-0.2, -0.15) is 4.68 Å². The van der Waals surface area contributed by atoms with Crippen LogP contribution in [0.5, 0.6) is 0 Å². The summed E-state index contributed by atoms with van der Waals surface area (Å²) in [5.41, 5.74) is 0.964. The number of carbonyl (C=O) groups is 1. The fourth-order valence-corrected chi connectivity index (χ4v) is 2.92. The summed E-state index contributed by atoms with van der Waals surface area (Å²) in [7, 11) is 0. The Morgan fingerprint density at radius 1 is 1.12 bits per heavy atom. The maximum absolute atomic E-state index is 12.1. The van der Waals surface area contributed by atoms with Crippen LogP contribution in [-0.4, -0.2) is 62.1 Å². The number of hydrogen-bond donors (Lipinski definition) is 0. The van der Waals surface area contributed by atoms with Gasteiger partial charge in [0.25, 0.3) is 0 Å². The van der Waals surface area contributed by atoms with Crippen molar-refractivity contribution in [3.8, 4) is 5.69 Å². The van der Waals surface area contributed by atoms with Crippen molar-refractivity contribution in [2.75, 3.05) is 26.2 Å². The maximum atomic E-state index is 12.1. The first kappa shape index (κ1) is 16.6. The molecule has 0 atom stereocenters. The largest absolute Gasteiger partial charge is 0.340 e. The number of para-hydroxylation sites is 1. The Balaban J connectivity index is 1.56. The zero-order valence-electron chi connectivity index (χ0n) is 14.1. The van der Waals surface area contributed by atoms with E-state index in [1.54, 1.807) is 4.68 Å². The van der Waals surface area contributed by atoms with Crippen LogP contribution in [0.15, 0.2) is 30.3 Å². The lowest BCUT2D eigenvalue weighted by Crippen LogP contribution is -2.48. The van der Waals surface area contributed by atoms with E-state index >= 15 is 0 Å². The van der Waals surface area contributed by atoms with Gasteiger partial charge in [-0.25, -0.2) is 0 Å². The number of unbranched alkanes of at least 4 members (excludes halogenated alkanes) is 1. The summed E-state index contributed by atoms with van der Waals surface area (Å²) in [4.78, 5) is 16.4. The molecule has 128 valence electrons. The Kier molecular flexibility index (Phi) is 5.53. The second-order valence-corrected chi connectivity index (χ2v) is 6.10. The van der Waals surface area contributed by atoms with Gasteiger partial charge in [-0.3, -0.25) is 9.69 Å². The van der Waals surface area contributed by atoms with E-state index in [-0.39, 0.29) is 5.91 Å². The lowest BCUT2D eigenvalue weighted by Gasteiger charge is -2.34. The van der Waals surface area contributed by atoms with Crippen LogP contribution in [0, 0.1) is 0 Å². The summed E-state index contributed by atoms with van der Waals surface area (Å²) in [6.45, 7) is 6.10. The number of piperazine rings is 1. The van der Waals surface area contributed by atoms with Gasteiger partial charge in [0.15, 0.2) is 5.82 Å². The summed E-state index contributed by atoms with van der Waals surface area (Å²) in [5.74, 6) is 1.11. The fourth-order valence-electron chi connectivity index (χ4n) is 2.92. The van der Waals surface area contributed by atoms with Gasteiger partial charge < -0.3 is 4.90 Å². The van der Waals surface area contributed by atoms with Crippen molar-refractivity contribution in [1.82, 2.24) is 30.0 Å². The van der Waals surface area contributed by atoms with E-state index in [1.165, 1.54) is 0 Å². The second kappa shape index (κ2) is 8.01. The van der Waals surface area contributed by atoms with Crippen LogP contribution >= 0.6 is 0 Å². The molecule has 2 aromatic rings. The van der Waals surface area contributed by atoms with Gasteiger partial charge in [-0.1, -0.05) is 31.5 Å². The number of hydrogen-bond acceptors (Lipinski definition) is 5. The Morgan fingerprint density at radius 2 is 1.88 bits per heavy atom. The Bertz CT molecular complexity index is 648. The molecule has 0 saturated carbocycles. The van der Waals surface area contributed by atoms with Crippen molar-refractivity contribution in [2.24, 2.45) is 0 Å². The van der Waals surface area contributed by atoms with E-state index in [1.807, 2.05) is 35.2 Å². The molecule has 0 aliphatic carbocycles. The van der Waals surface area contributed by atoms with Crippen LogP contribution in [0.4, 0.5) is 0 Å². The average Bonchev–Trinajstić information content (AvgIpc) is 3.09. The molecule has 0 bridgehead atoms. The number of benzene rings is 1. The predicted molar refractivity (Wildman–Crippen MR) is 90.5 cm³/mol. The highest BCUT2D eigenvalue weighted by Crippen LogP contribution is 2.12. The molecular formula is C17H24N6O. The third-order valence-electron chi connectivity index (χ3n) is 4.37. The van der Waals surface area contributed by atoms with Crippen molar-refractivity contribution in [2.45, 2.75) is 32.7 Å². The zero-order chi connectivity index (χ0) is 16.8. The minimum atomic E-state index is 0.283. The summed E-state index contributed by atoms with van der Waals surface area (Å²) in [6.07, 6.45) is 2.71. The number of tetrazole rings is 1. The number of carbonyl (C=O) groups excluding carboxylic acids is 1. The molecule has 0 N–H and O–H groups in total. The van der Waals surface area contributed by atoms with Gasteiger partial charge in [-0.05, 0) is 29.0 Å². The summed E-state index contributed by atoms with van der Waals surface area (Å²) < 4.78 is 1.78. The summed E-state index contributed by atoms with van der Waals surface area (Å²) in [5, 5.41) is 12.1. The number of amides is 1. The number of rotatable bonds is 6. The van der Waals surface area contributed by atoms with Crippen molar-refractivity contribution >= 4 is 5.91 Å². The van der Waals surface area contributed by atoms with Crippen LogP contribution < -0.4 is 0 Å². The molecule has 1 aromatic carbocycles. The quantitative estimate of drug-likeness (QED) is 0.804. The highest BCUT2D eigenvalue weighted by atomic mass is 16.2. The van der Waals surface area contributed by atoms with E-state index in [2.05, 4.69) is 27.3 Å². The van der Waals surface area contributed by atoms with Crippen LogP contribution in [0.3, 0.4) is 0 Å². The van der Waals surface area contributed by atoms with Crippen molar-refractivity contribution in [3.63, 3.8) is 0 Å². The Labute approximate surface area is 142 Å². The highest BCUT2D eigenvalue weighted by Gasteiger charge is 2.22. The number of aromatic nitrogens is 4. The second-order valence-electron chi connectivity index (χ2n) is 6.10. The first-order chi connectivity index (χ1) is 11.8. The Hall–Kier alpha value is -2.28. The molecule has 0 spiro atoms. The molecule has 24 heavy (non-hydrogen) atoms. The maximum Gasteiger partial charge on any atom is 0.222 e. The van der Waals surface area contributed by atoms with Gasteiger partial charge in [-0.15, -0.1) is 5.10 Å². The summed E-state index contributed by atoms with van der Waals surface area (Å²) >= 11 is 0. The van der Waals surface area contributed by atoms with Crippen LogP contribution in [0.25, 0.3) is 5.69 Å². The zero-order valence-corrected chi connectivity index (χ0v) is 14.1. The van der Waals surface area contributed by atoms with Crippen LogP contribution in [0.1, 0.15) is 32.0 Å². The van der Waals surface area contributed by atoms with Gasteiger partial charge in [0.05, 0.1) is 12.2 Å². The van der Waals surface area contributed by atoms with E-state index in [4.69, 9.17) is 0 Å². The van der Waals surface area contributed by atoms with Gasteiger partial charge in [0, 0.05) is 32.6 Å². The topological polar surface area (TPSA) is 67.2 Å². The molecule has 0 radical (unpaired) electrons. The molecule has 2 heterocycles. The molecule has 1 aromatic heterocycles. The number of nitrogens with zero attached hydrogens (tertiary/aromatic N) is 6. The molecule has 1 amide bonds. The molecule has 1 aliphatic rings. The molecule has 7 nitrogen and oxygen atoms in total. The van der Waals surface area contributed by atoms with Gasteiger partial charge >= 0.3 is 0 Å². The van der Waals surface area contributed by atoms with Crippen molar-refractivity contribution in [3.05, 3.63) is 36.2 Å². The van der Waals surface area contributed by atoms with Crippen molar-refractivity contribution in [1.29, 1.82) is 0 Å². The molecule has 1 saturated heterocycles. The summed E-state index contributed by atoms with van der Waals surface area (Å²) in [6, 6.07) is 9.90. The van der Waals surface area contributed by atoms with Gasteiger partial charge in [0.1, 0.15) is 0 Å². The first-order valence-electron chi connectivity index (χ1n) is 8.60. The standard InChI is InChI=1S/C17H24N6O/c1-2-3-9-17(24)22-12-10-21(11-13-22)14-16-18-19-20-23(16)15-7-5-4-6-8-15/h4-8H,2-3,9-14H2,1H3. The molecule has 1 fully saturated rings. The lowest BCUT2D eigenvalue weighted by atomic mass is 10.2. The lowest BCUT2D eigenvalue weighted by molar-refractivity contribution is -0.133. The van der Waals surface area contributed by atoms with E-state index in [9.17, 15) is 4.79 Å². The third-order valence-corrected chi connectivity index (χ3v) is 4.37. The molecule has 0 unspecified atom stereocenters. The smallest absolute Gasteiger partial charge is 0.222 e. The monoisotopic (exact) mass is 328 g/mol. The minimum Gasteiger partial charge on any atom is -0.340 e. The van der Waals surface area contributed by atoms with Crippen molar-refractivity contribution < 1.29 is 4.79 Å². The average molecular weight is 328 g/mol. The first-order valence-corrected chi connectivity index (χ1v) is 8.60. The van der Waals surface area contributed by atoms with Gasteiger partial charge in [0.2, 0.25) is 5.91 Å². The van der Waals surface area contributed by atoms with Crippen LogP contribution in [0.2, 0.25) is 0 Å². The molecule has 3 rings (SSSR count). The molecular weight excluding hydrogens is 304 g/mol. The molecule has 1 aliphatic heterocycles. The molecule has 7 heteroatoms. The van der Waals surface area contributed by atoms with Crippen LogP contribution in [-0.2, 0) is 11.3 Å². The normalized spacial score (nSPS) is 15.6. The van der Waals surface area contributed by atoms with E-state index < -0.39 is 0 Å². The SMILES string of the molecule is CCCCC(=O)N1CCN(Cc2nnnn2-c2ccccc2)CC1. The highest BCUT2D eigenvalue weighted by molar-refractivity contribution is 5.76. The van der Waals surface area contributed by atoms with E-state index in [0.29, 0.717) is 13.0 Å².